The molecule has 0 bridgehead atoms. The normalized spacial score (nSPS) is 10.2. The van der Waals surface area contributed by atoms with E-state index in [0.29, 0.717) is 0 Å². The molecule has 17 heavy (non-hydrogen) atoms. The molecule has 0 aliphatic carbocycles. The predicted octanol–water partition coefficient (Wildman–Crippen LogP) is 1.94. The monoisotopic (exact) mass is 249 g/mol. The van der Waals surface area contributed by atoms with Crippen molar-refractivity contribution in [3.63, 3.8) is 0 Å². The molecule has 2 aromatic heterocycles. The first kappa shape index (κ1) is 11.8. The van der Waals surface area contributed by atoms with Crippen LogP contribution in [0, 0.1) is 6.92 Å². The number of nitrogens with zero attached hydrogens (tertiary/aromatic N) is 3. The van der Waals surface area contributed by atoms with Crippen molar-refractivity contribution in [2.75, 3.05) is 24.2 Å². The molecule has 2 rings (SSSR count). The molecule has 0 fully saturated rings. The zero-order valence-corrected chi connectivity index (χ0v) is 10.7. The van der Waals surface area contributed by atoms with Gasteiger partial charge in [0.2, 0.25) is 0 Å². The molecule has 0 saturated carbocycles. The lowest BCUT2D eigenvalue weighted by atomic mass is 10.4. The Bertz CT molecular complexity index is 482. The Morgan fingerprint density at radius 2 is 2.12 bits per heavy atom. The number of hydrogen-bond acceptors (Lipinski definition) is 6. The number of aryl methyl sites for hydroxylation is 1. The summed E-state index contributed by atoms with van der Waals surface area (Å²) in [6, 6.07) is 1.88. The predicted molar refractivity (Wildman–Crippen MR) is 70.6 cm³/mol. The minimum Gasteiger partial charge on any atom is -0.373 e. The van der Waals surface area contributed by atoms with Crippen molar-refractivity contribution in [2.45, 2.75) is 13.3 Å². The molecule has 5 nitrogen and oxygen atoms in total. The van der Waals surface area contributed by atoms with Crippen molar-refractivity contribution in [1.82, 2.24) is 15.0 Å². The second-order valence-electron chi connectivity index (χ2n) is 3.60. The van der Waals surface area contributed by atoms with Crippen LogP contribution in [0.1, 0.15) is 10.7 Å². The van der Waals surface area contributed by atoms with Gasteiger partial charge in [-0.1, -0.05) is 0 Å². The third kappa shape index (κ3) is 3.39. The summed E-state index contributed by atoms with van der Waals surface area (Å²) in [5.74, 6) is 1.64. The number of aromatic nitrogens is 3. The highest BCUT2D eigenvalue weighted by Crippen LogP contribution is 2.11. The van der Waals surface area contributed by atoms with Gasteiger partial charge in [0.15, 0.2) is 0 Å². The van der Waals surface area contributed by atoms with Crippen molar-refractivity contribution in [3.05, 3.63) is 28.5 Å². The maximum atomic E-state index is 4.41. The van der Waals surface area contributed by atoms with Crippen molar-refractivity contribution < 1.29 is 0 Å². The number of thiazole rings is 1. The minimum atomic E-state index is 0.813. The van der Waals surface area contributed by atoms with Gasteiger partial charge in [0.25, 0.3) is 0 Å². The van der Waals surface area contributed by atoms with Crippen LogP contribution in [0.5, 0.6) is 0 Å². The molecule has 2 heterocycles. The Labute approximate surface area is 104 Å². The number of nitrogens with one attached hydrogen (secondary N) is 2. The summed E-state index contributed by atoms with van der Waals surface area (Å²) in [4.78, 5) is 12.6. The summed E-state index contributed by atoms with van der Waals surface area (Å²) in [6.07, 6.45) is 2.46. The molecule has 0 aromatic carbocycles. The van der Waals surface area contributed by atoms with Crippen LogP contribution in [0.3, 0.4) is 0 Å². The molecule has 90 valence electrons. The van der Waals surface area contributed by atoms with Crippen LogP contribution >= 0.6 is 11.3 Å². The largest absolute Gasteiger partial charge is 0.373 e. The molecule has 0 saturated heterocycles. The second-order valence-corrected chi connectivity index (χ2v) is 4.54. The first-order valence-electron chi connectivity index (χ1n) is 5.42. The van der Waals surface area contributed by atoms with Gasteiger partial charge in [-0.25, -0.2) is 15.0 Å². The van der Waals surface area contributed by atoms with E-state index in [1.54, 1.807) is 17.7 Å². The lowest BCUT2D eigenvalue weighted by molar-refractivity contribution is 0.973. The highest BCUT2D eigenvalue weighted by molar-refractivity contribution is 7.09. The van der Waals surface area contributed by atoms with E-state index in [-0.39, 0.29) is 0 Å². The maximum absolute atomic E-state index is 4.41. The molecule has 0 spiro atoms. The Morgan fingerprint density at radius 1 is 1.29 bits per heavy atom. The van der Waals surface area contributed by atoms with Gasteiger partial charge in [-0.15, -0.1) is 11.3 Å². The van der Waals surface area contributed by atoms with Crippen LogP contribution in [0.25, 0.3) is 0 Å². The molecule has 0 unspecified atom stereocenters. The van der Waals surface area contributed by atoms with Gasteiger partial charge in [0, 0.05) is 37.2 Å². The highest BCUT2D eigenvalue weighted by atomic mass is 32.1. The van der Waals surface area contributed by atoms with Gasteiger partial charge in [-0.3, -0.25) is 0 Å². The third-order valence-electron chi connectivity index (χ3n) is 2.23. The van der Waals surface area contributed by atoms with Gasteiger partial charge in [-0.2, -0.15) is 0 Å². The number of rotatable bonds is 5. The summed E-state index contributed by atoms with van der Waals surface area (Å²) < 4.78 is 0. The molecular weight excluding hydrogens is 234 g/mol. The van der Waals surface area contributed by atoms with E-state index in [0.717, 1.165) is 35.3 Å². The molecule has 2 aromatic rings. The van der Waals surface area contributed by atoms with E-state index < -0.39 is 0 Å². The van der Waals surface area contributed by atoms with E-state index >= 15 is 0 Å². The van der Waals surface area contributed by atoms with E-state index in [2.05, 4.69) is 31.0 Å². The fraction of sp³-hybridized carbons (Fsp3) is 0.364. The first-order valence-corrected chi connectivity index (χ1v) is 6.30. The topological polar surface area (TPSA) is 62.7 Å². The molecule has 2 N–H and O–H groups in total. The zero-order chi connectivity index (χ0) is 12.1. The molecule has 0 atom stereocenters. The summed E-state index contributed by atoms with van der Waals surface area (Å²) in [5.41, 5.74) is 1.09. The van der Waals surface area contributed by atoms with E-state index in [1.165, 1.54) is 0 Å². The number of hydrogen-bond donors (Lipinski definition) is 2. The van der Waals surface area contributed by atoms with Crippen LogP contribution < -0.4 is 10.6 Å². The molecule has 6 heteroatoms. The average Bonchev–Trinajstić information content (AvgIpc) is 2.75. The third-order valence-corrected chi connectivity index (χ3v) is 3.26. The first-order chi connectivity index (χ1) is 8.28. The molecule has 0 aliphatic rings. The van der Waals surface area contributed by atoms with E-state index in [4.69, 9.17) is 0 Å². The Balaban J connectivity index is 1.85. The molecular formula is C11H15N5S. The molecule has 0 amide bonds. The van der Waals surface area contributed by atoms with Crippen molar-refractivity contribution in [2.24, 2.45) is 0 Å². The van der Waals surface area contributed by atoms with E-state index in [9.17, 15) is 0 Å². The van der Waals surface area contributed by atoms with Crippen molar-refractivity contribution >= 4 is 23.0 Å². The van der Waals surface area contributed by atoms with Crippen LogP contribution in [-0.2, 0) is 6.42 Å². The fourth-order valence-corrected chi connectivity index (χ4v) is 2.18. The lowest BCUT2D eigenvalue weighted by Crippen LogP contribution is -2.07. The lowest BCUT2D eigenvalue weighted by Gasteiger charge is -2.05. The van der Waals surface area contributed by atoms with Crippen LogP contribution in [-0.4, -0.2) is 28.5 Å². The molecule has 0 aliphatic heterocycles. The van der Waals surface area contributed by atoms with Gasteiger partial charge in [0.1, 0.15) is 18.0 Å². The standard InChI is InChI=1S/C11H15N5S/c1-8-6-17-11(16-8)3-4-13-10-5-9(12-2)14-7-15-10/h5-7H,3-4H2,1-2H3,(H2,12,13,14,15). The van der Waals surface area contributed by atoms with Gasteiger partial charge in [0.05, 0.1) is 5.01 Å². The number of anilines is 2. The summed E-state index contributed by atoms with van der Waals surface area (Å²) in [6.45, 7) is 2.84. The van der Waals surface area contributed by atoms with Crippen molar-refractivity contribution in [3.8, 4) is 0 Å². The minimum absolute atomic E-state index is 0.813. The summed E-state index contributed by atoms with van der Waals surface area (Å²) in [7, 11) is 1.84. The maximum Gasteiger partial charge on any atom is 0.131 e. The van der Waals surface area contributed by atoms with Crippen LogP contribution in [0.4, 0.5) is 11.6 Å². The average molecular weight is 249 g/mol. The Morgan fingerprint density at radius 3 is 2.82 bits per heavy atom. The van der Waals surface area contributed by atoms with Crippen LogP contribution in [0.15, 0.2) is 17.8 Å². The zero-order valence-electron chi connectivity index (χ0n) is 9.90. The summed E-state index contributed by atoms with van der Waals surface area (Å²) in [5, 5.41) is 9.45. The van der Waals surface area contributed by atoms with Crippen LogP contribution in [0.2, 0.25) is 0 Å². The summed E-state index contributed by atoms with van der Waals surface area (Å²) >= 11 is 1.70. The SMILES string of the molecule is CNc1cc(NCCc2nc(C)cs2)ncn1. The van der Waals surface area contributed by atoms with E-state index in [1.807, 2.05) is 20.0 Å². The Kier molecular flexibility index (Phi) is 3.87. The quantitative estimate of drug-likeness (QED) is 0.848. The van der Waals surface area contributed by atoms with Crippen molar-refractivity contribution in [1.29, 1.82) is 0 Å². The fourth-order valence-electron chi connectivity index (χ4n) is 1.41. The molecule has 0 radical (unpaired) electrons. The van der Waals surface area contributed by atoms with Gasteiger partial charge < -0.3 is 10.6 Å². The highest BCUT2D eigenvalue weighted by Gasteiger charge is 2.00. The second kappa shape index (κ2) is 5.58. The van der Waals surface area contributed by atoms with Gasteiger partial charge >= 0.3 is 0 Å². The Hall–Kier alpha value is -1.69. The van der Waals surface area contributed by atoms with Gasteiger partial charge in [-0.05, 0) is 6.92 Å². The smallest absolute Gasteiger partial charge is 0.131 e.